The van der Waals surface area contributed by atoms with Crippen molar-refractivity contribution in [3.05, 3.63) is 30.1 Å². The van der Waals surface area contributed by atoms with E-state index in [-0.39, 0.29) is 36.4 Å². The van der Waals surface area contributed by atoms with Gasteiger partial charge >= 0.3 is 0 Å². The lowest BCUT2D eigenvalue weighted by atomic mass is 10.1. The highest BCUT2D eigenvalue weighted by Gasteiger charge is 2.35. The van der Waals surface area contributed by atoms with E-state index in [0.29, 0.717) is 15.2 Å². The van der Waals surface area contributed by atoms with Crippen LogP contribution in [0, 0.1) is 23.1 Å². The summed E-state index contributed by atoms with van der Waals surface area (Å²) in [7, 11) is 0. The Labute approximate surface area is 150 Å². The Morgan fingerprint density at radius 1 is 1.44 bits per heavy atom. The topological polar surface area (TPSA) is 99.0 Å². The molecule has 1 aliphatic rings. The average molecular weight is 377 g/mol. The Bertz CT molecular complexity index is 833. The molecular formula is C15H12FN5O2S2. The number of carbonyl (C=O) groups excluding carboxylic acids is 2. The number of anilines is 2. The van der Waals surface area contributed by atoms with Crippen molar-refractivity contribution >= 4 is 45.7 Å². The van der Waals surface area contributed by atoms with Crippen molar-refractivity contribution in [2.75, 3.05) is 22.5 Å². The Kier molecular flexibility index (Phi) is 5.25. The summed E-state index contributed by atoms with van der Waals surface area (Å²) in [6, 6.07) is 7.56. The molecule has 1 aromatic carbocycles. The lowest BCUT2D eigenvalue weighted by Gasteiger charge is -2.16. The maximum absolute atomic E-state index is 13.0. The number of hydrogen-bond donors (Lipinski definition) is 1. The van der Waals surface area contributed by atoms with Crippen LogP contribution in [0.4, 0.5) is 15.2 Å². The van der Waals surface area contributed by atoms with Crippen LogP contribution in [-0.2, 0) is 9.59 Å². The predicted octanol–water partition coefficient (Wildman–Crippen LogP) is 2.28. The van der Waals surface area contributed by atoms with E-state index in [1.165, 1.54) is 52.3 Å². The monoisotopic (exact) mass is 377 g/mol. The molecule has 1 fully saturated rings. The first-order valence-corrected chi connectivity index (χ1v) is 9.07. The van der Waals surface area contributed by atoms with Crippen molar-refractivity contribution in [1.82, 2.24) is 10.2 Å². The standard InChI is InChI=1S/C15H12FN5O2S2/c16-10-1-3-11(4-2-10)21-8-9(7-12(21)22)13(23)18-14-19-20-15(25-14)24-6-5-17/h1-4,9H,6-8H2,(H,18,19,23)/t9-/m1/s1. The highest BCUT2D eigenvalue weighted by molar-refractivity contribution is 8.01. The molecule has 25 heavy (non-hydrogen) atoms. The number of nitrogens with one attached hydrogen (secondary N) is 1. The Hall–Kier alpha value is -2.51. The fraction of sp³-hybridized carbons (Fsp3) is 0.267. The first kappa shape index (κ1) is 17.3. The number of nitrogens with zero attached hydrogens (tertiary/aromatic N) is 4. The average Bonchev–Trinajstić information content (AvgIpc) is 3.20. The number of rotatable bonds is 5. The van der Waals surface area contributed by atoms with Gasteiger partial charge in [-0.25, -0.2) is 4.39 Å². The molecule has 1 atom stereocenters. The maximum Gasteiger partial charge on any atom is 0.231 e. The highest BCUT2D eigenvalue weighted by Crippen LogP contribution is 2.28. The fourth-order valence-corrected chi connectivity index (χ4v) is 3.79. The van der Waals surface area contributed by atoms with E-state index in [2.05, 4.69) is 15.5 Å². The van der Waals surface area contributed by atoms with Gasteiger partial charge in [0, 0.05) is 18.7 Å². The molecule has 3 rings (SSSR count). The van der Waals surface area contributed by atoms with E-state index >= 15 is 0 Å². The van der Waals surface area contributed by atoms with Crippen LogP contribution in [0.3, 0.4) is 0 Å². The second-order valence-electron chi connectivity index (χ2n) is 5.19. The molecule has 1 aliphatic heterocycles. The van der Waals surface area contributed by atoms with E-state index in [1.807, 2.05) is 6.07 Å². The number of carbonyl (C=O) groups is 2. The maximum atomic E-state index is 13.0. The van der Waals surface area contributed by atoms with Gasteiger partial charge in [0.1, 0.15) is 5.82 Å². The van der Waals surface area contributed by atoms with Crippen LogP contribution in [0.25, 0.3) is 0 Å². The molecule has 128 valence electrons. The number of nitriles is 1. The van der Waals surface area contributed by atoms with E-state index < -0.39 is 5.92 Å². The van der Waals surface area contributed by atoms with Gasteiger partial charge in [-0.2, -0.15) is 5.26 Å². The quantitative estimate of drug-likeness (QED) is 0.634. The summed E-state index contributed by atoms with van der Waals surface area (Å²) < 4.78 is 13.6. The normalized spacial score (nSPS) is 16.7. The van der Waals surface area contributed by atoms with Crippen molar-refractivity contribution in [3.63, 3.8) is 0 Å². The van der Waals surface area contributed by atoms with Crippen molar-refractivity contribution in [2.24, 2.45) is 5.92 Å². The van der Waals surface area contributed by atoms with Gasteiger partial charge < -0.3 is 10.2 Å². The van der Waals surface area contributed by atoms with Crippen molar-refractivity contribution < 1.29 is 14.0 Å². The summed E-state index contributed by atoms with van der Waals surface area (Å²) in [6.45, 7) is 0.227. The summed E-state index contributed by atoms with van der Waals surface area (Å²) in [4.78, 5) is 26.0. The molecule has 0 bridgehead atoms. The van der Waals surface area contributed by atoms with E-state index in [9.17, 15) is 14.0 Å². The van der Waals surface area contributed by atoms with Gasteiger partial charge in [-0.3, -0.25) is 9.59 Å². The third-order valence-corrected chi connectivity index (χ3v) is 5.37. The molecule has 2 heterocycles. The number of benzene rings is 1. The van der Waals surface area contributed by atoms with Gasteiger partial charge in [0.25, 0.3) is 0 Å². The summed E-state index contributed by atoms with van der Waals surface area (Å²) in [5.41, 5.74) is 0.563. The molecule has 1 saturated heterocycles. The van der Waals surface area contributed by atoms with Gasteiger partial charge in [0.05, 0.1) is 17.7 Å². The SMILES string of the molecule is N#CCSc1nnc(NC(=O)[C@@H]2CC(=O)N(c3ccc(F)cc3)C2)s1. The van der Waals surface area contributed by atoms with Crippen LogP contribution in [0.2, 0.25) is 0 Å². The van der Waals surface area contributed by atoms with Crippen molar-refractivity contribution in [2.45, 2.75) is 10.8 Å². The summed E-state index contributed by atoms with van der Waals surface area (Å²) in [6.07, 6.45) is 0.0814. The van der Waals surface area contributed by atoms with Crippen LogP contribution in [-0.4, -0.2) is 34.3 Å². The lowest BCUT2D eigenvalue weighted by molar-refractivity contribution is -0.122. The zero-order valence-corrected chi connectivity index (χ0v) is 14.4. The summed E-state index contributed by atoms with van der Waals surface area (Å²) in [5.74, 6) is -1.14. The van der Waals surface area contributed by atoms with Crippen LogP contribution < -0.4 is 10.2 Å². The van der Waals surface area contributed by atoms with Crippen LogP contribution in [0.1, 0.15) is 6.42 Å². The molecule has 1 N–H and O–H groups in total. The Morgan fingerprint density at radius 2 is 2.20 bits per heavy atom. The molecule has 1 aromatic heterocycles. The van der Waals surface area contributed by atoms with Crippen LogP contribution in [0.15, 0.2) is 28.6 Å². The molecule has 0 aliphatic carbocycles. The molecule has 7 nitrogen and oxygen atoms in total. The number of amides is 2. The molecule has 10 heteroatoms. The second-order valence-corrected chi connectivity index (χ2v) is 7.39. The van der Waals surface area contributed by atoms with Crippen LogP contribution in [0.5, 0.6) is 0 Å². The molecular weight excluding hydrogens is 365 g/mol. The minimum absolute atomic E-state index is 0.0814. The summed E-state index contributed by atoms with van der Waals surface area (Å²) >= 11 is 2.42. The third kappa shape index (κ3) is 4.12. The minimum atomic E-state index is -0.517. The number of aromatic nitrogens is 2. The molecule has 0 radical (unpaired) electrons. The zero-order chi connectivity index (χ0) is 17.8. The predicted molar refractivity (Wildman–Crippen MR) is 91.7 cm³/mol. The summed E-state index contributed by atoms with van der Waals surface area (Å²) in [5, 5.41) is 19.2. The second kappa shape index (κ2) is 7.58. The van der Waals surface area contributed by atoms with Gasteiger partial charge in [0.15, 0.2) is 4.34 Å². The van der Waals surface area contributed by atoms with Crippen molar-refractivity contribution in [3.8, 4) is 6.07 Å². The fourth-order valence-electron chi connectivity index (χ4n) is 2.37. The highest BCUT2D eigenvalue weighted by atomic mass is 32.2. The van der Waals surface area contributed by atoms with E-state index in [1.54, 1.807) is 0 Å². The zero-order valence-electron chi connectivity index (χ0n) is 12.8. The third-order valence-electron chi connectivity index (χ3n) is 3.53. The minimum Gasteiger partial charge on any atom is -0.312 e. The van der Waals surface area contributed by atoms with Gasteiger partial charge in [-0.05, 0) is 24.3 Å². The molecule has 2 aromatic rings. The number of thioether (sulfide) groups is 1. The van der Waals surface area contributed by atoms with E-state index in [0.717, 1.165) is 0 Å². The van der Waals surface area contributed by atoms with Gasteiger partial charge in [-0.1, -0.05) is 23.1 Å². The van der Waals surface area contributed by atoms with Crippen LogP contribution >= 0.6 is 23.1 Å². The Morgan fingerprint density at radius 3 is 2.92 bits per heavy atom. The Balaban J connectivity index is 1.62. The molecule has 0 unspecified atom stereocenters. The molecule has 0 saturated carbocycles. The number of hydrogen-bond acceptors (Lipinski definition) is 7. The van der Waals surface area contributed by atoms with Gasteiger partial charge in [0.2, 0.25) is 16.9 Å². The lowest BCUT2D eigenvalue weighted by Crippen LogP contribution is -2.28. The first-order valence-electron chi connectivity index (χ1n) is 7.27. The van der Waals surface area contributed by atoms with E-state index in [4.69, 9.17) is 5.26 Å². The molecule has 0 spiro atoms. The van der Waals surface area contributed by atoms with Gasteiger partial charge in [-0.15, -0.1) is 10.2 Å². The largest absolute Gasteiger partial charge is 0.312 e. The first-order chi connectivity index (χ1) is 12.1. The number of halogens is 1. The molecule has 2 amide bonds. The van der Waals surface area contributed by atoms with Crippen molar-refractivity contribution in [1.29, 1.82) is 5.26 Å². The smallest absolute Gasteiger partial charge is 0.231 e.